The molecule has 13 atom stereocenters. The van der Waals surface area contributed by atoms with Crippen LogP contribution in [0.25, 0.3) is 21.8 Å². The van der Waals surface area contributed by atoms with Crippen LogP contribution in [-0.4, -0.2) is 307 Å². The minimum atomic E-state index is -1.85. The number of likely N-dealkylation sites (N-methyl/N-ethyl adjacent to an activating group) is 4. The lowest BCUT2D eigenvalue weighted by Gasteiger charge is -2.36. The highest BCUT2D eigenvalue weighted by molar-refractivity contribution is 8.00. The van der Waals surface area contributed by atoms with Crippen molar-refractivity contribution >= 4 is 140 Å². The van der Waals surface area contributed by atoms with E-state index < -0.39 is 223 Å². The number of guanidine groups is 1. The topological polar surface area (TPSA) is 621 Å². The van der Waals surface area contributed by atoms with Gasteiger partial charge in [-0.05, 0) is 81.2 Å². The van der Waals surface area contributed by atoms with Gasteiger partial charge in [0.15, 0.2) is 5.96 Å². The fraction of sp³-hybridized carbons (Fsp3) is 0.500. The molecule has 6 aromatic rings. The van der Waals surface area contributed by atoms with Crippen LogP contribution in [0.1, 0.15) is 121 Å². The van der Waals surface area contributed by atoms with Gasteiger partial charge < -0.3 is 120 Å². The zero-order chi connectivity index (χ0) is 94.3. The summed E-state index contributed by atoms with van der Waals surface area (Å²) >= 11 is 0.794. The lowest BCUT2D eigenvalue weighted by atomic mass is 10.00. The summed E-state index contributed by atoms with van der Waals surface area (Å²) in [5, 5.41) is 49.0. The molecule has 3 aromatic carbocycles. The van der Waals surface area contributed by atoms with Crippen molar-refractivity contribution in [3.8, 4) is 0 Å². The van der Waals surface area contributed by atoms with Gasteiger partial charge in [0.1, 0.15) is 78.5 Å². The van der Waals surface area contributed by atoms with Crippen LogP contribution in [0.4, 0.5) is 0 Å². The normalized spacial score (nSPS) is 23.7. The maximum Gasteiger partial charge on any atom is 0.246 e. The first-order valence-electron chi connectivity index (χ1n) is 42.8. The van der Waals surface area contributed by atoms with Gasteiger partial charge in [0.25, 0.3) is 0 Å². The molecule has 698 valence electrons. The number of nitrogens with one attached hydrogen (secondary N) is 15. The SMILES string of the molecule is CCCC[C@H]1C(=O)N(C)[C@@H](CCCC)C(=O)N[C@@H](CCCNC(=N)N)C(=O)N[C@H](C(=O)NCC(N)=O)CSCC(=O)N[C@@H](Cc2ccccc2)C(=O)N(C)[C@@H](C)C(=O)N[C@@H](CC(N)=O)C(=O)N2CCCC2C(=O)N[C@@H](Cc2cnc[nH]2)C(=O)N[C@@H](C)C(=O)N(C)CC(=O)N[C@@H](Cc2c[nH]c3ccccc23)C(=O)N[C@@H](CO)C(=O)N[C@@H](Cc2c[nH]c3ccccc23)C(=O)N1C. The molecule has 2 saturated heterocycles. The van der Waals surface area contributed by atoms with Crippen molar-refractivity contribution in [2.24, 2.45) is 17.2 Å². The predicted octanol–water partition coefficient (Wildman–Crippen LogP) is -3.16. The van der Waals surface area contributed by atoms with E-state index in [1.807, 2.05) is 13.8 Å². The van der Waals surface area contributed by atoms with Crippen LogP contribution in [0.5, 0.6) is 0 Å². The van der Waals surface area contributed by atoms with E-state index in [1.54, 1.807) is 91.3 Å². The predicted molar refractivity (Wildman–Crippen MR) is 476 cm³/mol. The Balaban J connectivity index is 1.16. The number of thioether (sulfide) groups is 1. The van der Waals surface area contributed by atoms with Gasteiger partial charge in [-0.1, -0.05) is 106 Å². The van der Waals surface area contributed by atoms with Gasteiger partial charge in [0, 0.05) is 119 Å². The molecule has 3 aromatic heterocycles. The largest absolute Gasteiger partial charge is 0.394 e. The molecule has 8 rings (SSSR count). The molecule has 129 heavy (non-hydrogen) atoms. The van der Waals surface area contributed by atoms with Crippen LogP contribution < -0.4 is 75.7 Å². The molecule has 17 amide bonds. The number of benzene rings is 3. The van der Waals surface area contributed by atoms with E-state index >= 15 is 14.4 Å². The van der Waals surface area contributed by atoms with Crippen molar-refractivity contribution in [2.75, 3.05) is 72.5 Å². The summed E-state index contributed by atoms with van der Waals surface area (Å²) in [7, 11) is 5.20. The molecular weight excluding hydrogens is 1690 g/mol. The van der Waals surface area contributed by atoms with E-state index in [-0.39, 0.29) is 77.3 Å². The molecular formula is C86H120N24O18S. The number of hydrogen-bond acceptors (Lipinski definition) is 21. The molecule has 0 radical (unpaired) electrons. The van der Waals surface area contributed by atoms with Crippen LogP contribution in [0, 0.1) is 5.41 Å². The Hall–Kier alpha value is -13.5. The maximum absolute atomic E-state index is 15.6. The number of carbonyl (C=O) groups is 17. The Labute approximate surface area is 749 Å². The highest BCUT2D eigenvalue weighted by Crippen LogP contribution is 2.26. The fourth-order valence-electron chi connectivity index (χ4n) is 15.3. The third kappa shape index (κ3) is 29.0. The average molecular weight is 1810 g/mol. The molecule has 2 aliphatic heterocycles. The van der Waals surface area contributed by atoms with E-state index in [0.29, 0.717) is 69.9 Å². The number of primary amides is 2. The Bertz CT molecular complexity index is 4970. The van der Waals surface area contributed by atoms with Gasteiger partial charge in [-0.25, -0.2) is 4.98 Å². The lowest BCUT2D eigenvalue weighted by molar-refractivity contribution is -0.149. The molecule has 0 spiro atoms. The highest BCUT2D eigenvalue weighted by atomic mass is 32.2. The van der Waals surface area contributed by atoms with Crippen molar-refractivity contribution < 1.29 is 86.6 Å². The smallest absolute Gasteiger partial charge is 0.246 e. The van der Waals surface area contributed by atoms with Gasteiger partial charge in [-0.2, -0.15) is 0 Å². The van der Waals surface area contributed by atoms with Crippen molar-refractivity contribution in [1.29, 1.82) is 5.41 Å². The summed E-state index contributed by atoms with van der Waals surface area (Å²) in [4.78, 5) is 265. The summed E-state index contributed by atoms with van der Waals surface area (Å²) in [6.07, 6.45) is 6.00. The number of amides is 17. The standard InChI is InChI=1S/C86H120N24O18S/c1-9-11-29-66-79(122)100-58(28-20-32-92-86(89)90)75(118)105-65(74(117)95-42-70(88)113)45-129-46-72(115)99-61(34-50-22-14-13-15-23-50)82(125)107(6)49(4)73(116)102-63(38-69(87)112)84(127)110-33-21-31-67(110)80(123)101-60(37-53-41-91-47-96-53)76(119)97-48(3)81(124)106(5)43-71(114)98-59(35-51-39-93-56-26-18-16-24-54(51)56)77(120)104-64(44-111)78(121)103-62(36-52-40-94-57-27-19-17-25-55(52)57)83(126)109(8)68(30-12-10-2)85(128)108(66)7/h13-19,22-27,39-41,47-49,58-68,93-94,111H,9-12,20-21,28-38,42-46H2,1-8H3,(H2,87,112)(H2,88,113)(H,91,96)(H,95,117)(H,97,119)(H,98,114)(H,99,115)(H,100,122)(H,101,123)(H,102,116)(H,103,121)(H,104,120)(H,105,118)(H4,89,90,92)/t48-,49-,58-,59-,60-,61-,62-,63-,64-,65-,66-,67?,68-/m0/s1. The van der Waals surface area contributed by atoms with Crippen molar-refractivity contribution in [3.63, 3.8) is 0 Å². The number of carbonyl (C=O) groups excluding carboxylic acids is 17. The number of imidazole rings is 1. The van der Waals surface area contributed by atoms with E-state index in [2.05, 4.69) is 78.4 Å². The Morgan fingerprint density at radius 1 is 0.527 bits per heavy atom. The Kier molecular flexibility index (Phi) is 38.3. The monoisotopic (exact) mass is 1810 g/mol. The summed E-state index contributed by atoms with van der Waals surface area (Å²) in [6, 6.07) is 2.85. The number of aliphatic hydroxyl groups excluding tert-OH is 1. The molecule has 0 aliphatic carbocycles. The van der Waals surface area contributed by atoms with Crippen LogP contribution in [0.3, 0.4) is 0 Å². The Morgan fingerprint density at radius 2 is 1.07 bits per heavy atom. The number of nitrogens with zero attached hydrogens (tertiary/aromatic N) is 6. The molecule has 42 nitrogen and oxygen atoms in total. The summed E-state index contributed by atoms with van der Waals surface area (Å²) in [5.74, 6) is -16.9. The van der Waals surface area contributed by atoms with Crippen molar-refractivity contribution in [1.82, 2.24) is 103 Å². The van der Waals surface area contributed by atoms with E-state index in [4.69, 9.17) is 22.6 Å². The lowest BCUT2D eigenvalue weighted by Crippen LogP contribution is -2.61. The van der Waals surface area contributed by atoms with Gasteiger partial charge in [0.2, 0.25) is 100 Å². The molecule has 0 saturated carbocycles. The summed E-state index contributed by atoms with van der Waals surface area (Å²) < 4.78 is 0. The highest BCUT2D eigenvalue weighted by Gasteiger charge is 2.44. The van der Waals surface area contributed by atoms with Crippen LogP contribution in [0.15, 0.2) is 104 Å². The van der Waals surface area contributed by atoms with Crippen LogP contribution in [-0.2, 0) is 107 Å². The third-order valence-corrected chi connectivity index (χ3v) is 23.6. The van der Waals surface area contributed by atoms with Gasteiger partial charge in [0.05, 0.1) is 38.2 Å². The van der Waals surface area contributed by atoms with E-state index in [0.717, 1.165) is 36.3 Å². The van der Waals surface area contributed by atoms with E-state index in [1.165, 1.54) is 54.6 Å². The second-order valence-corrected chi connectivity index (χ2v) is 33.2. The minimum Gasteiger partial charge on any atom is -0.394 e. The number of H-pyrrole nitrogens is 3. The number of nitrogens with two attached hydrogens (primary N) is 3. The third-order valence-electron chi connectivity index (χ3n) is 22.5. The number of rotatable bonds is 24. The number of unbranched alkanes of at least 4 members (excludes halogenated alkanes) is 2. The molecule has 22 N–H and O–H groups in total. The zero-order valence-electron chi connectivity index (χ0n) is 73.6. The Morgan fingerprint density at radius 3 is 1.68 bits per heavy atom. The van der Waals surface area contributed by atoms with Gasteiger partial charge >= 0.3 is 0 Å². The van der Waals surface area contributed by atoms with Gasteiger partial charge in [-0.3, -0.25) is 86.9 Å². The first kappa shape index (κ1) is 101. The molecule has 43 heteroatoms. The first-order valence-corrected chi connectivity index (χ1v) is 44.0. The maximum atomic E-state index is 15.6. The molecule has 2 aliphatic rings. The molecule has 5 heterocycles. The molecule has 2 fully saturated rings. The number of hydrogen-bond donors (Lipinski definition) is 19. The number of aromatic nitrogens is 4. The average Bonchev–Trinajstić information content (AvgIpc) is 1.72. The minimum absolute atomic E-state index is 0.00175. The summed E-state index contributed by atoms with van der Waals surface area (Å²) in [6.45, 7) is 3.68. The zero-order valence-corrected chi connectivity index (χ0v) is 74.4. The number of para-hydroxylation sites is 2. The second kappa shape index (κ2) is 49.0. The number of aromatic amines is 3. The van der Waals surface area contributed by atoms with Crippen molar-refractivity contribution in [2.45, 2.75) is 203 Å². The van der Waals surface area contributed by atoms with Crippen LogP contribution in [0.2, 0.25) is 0 Å². The summed E-state index contributed by atoms with van der Waals surface area (Å²) in [5.41, 5.74) is 20.0. The van der Waals surface area contributed by atoms with Gasteiger partial charge in [-0.15, -0.1) is 11.8 Å². The number of aliphatic hydroxyl groups is 1. The van der Waals surface area contributed by atoms with E-state index in [9.17, 15) is 72.2 Å². The molecule has 0 bridgehead atoms. The fourth-order valence-corrected chi connectivity index (χ4v) is 16.1. The second-order valence-electron chi connectivity index (χ2n) is 32.2. The van der Waals surface area contributed by atoms with Crippen LogP contribution >= 0.6 is 11.8 Å². The first-order chi connectivity index (χ1) is 61.5. The van der Waals surface area contributed by atoms with Crippen molar-refractivity contribution in [3.05, 3.63) is 126 Å². The quantitative estimate of drug-likeness (QED) is 0.0162. The number of fused-ring (bicyclic) bond motifs is 3. The molecule has 1 unspecified atom stereocenters.